The topological polar surface area (TPSA) is 86.8 Å². The number of nitrogens with one attached hydrogen (secondary N) is 1. The zero-order chi connectivity index (χ0) is 25.7. The maximum Gasteiger partial charge on any atom is 0.313 e. The molecule has 4 rings (SSSR count). The zero-order valence-electron chi connectivity index (χ0n) is 19.4. The number of rotatable bonds is 8. The molecular formula is C26H23Cl3N2O5. The molecule has 0 saturated heterocycles. The third-order valence-electron chi connectivity index (χ3n) is 5.55. The van der Waals surface area contributed by atoms with Crippen molar-refractivity contribution in [1.29, 1.82) is 0 Å². The molecule has 3 aromatic rings. The number of aromatic nitrogens is 1. The van der Waals surface area contributed by atoms with Gasteiger partial charge in [-0.2, -0.15) is 0 Å². The number of fused-ring (bicyclic) bond motifs is 1. The molecule has 188 valence electrons. The molecule has 36 heavy (non-hydrogen) atoms. The van der Waals surface area contributed by atoms with Gasteiger partial charge in [0.25, 0.3) is 5.91 Å². The molecule has 1 aromatic heterocycles. The lowest BCUT2D eigenvalue weighted by molar-refractivity contribution is -0.145. The summed E-state index contributed by atoms with van der Waals surface area (Å²) < 4.78 is 16.8. The van der Waals surface area contributed by atoms with E-state index in [0.29, 0.717) is 81.7 Å². The first-order valence-electron chi connectivity index (χ1n) is 11.3. The fraction of sp³-hybridized carbons (Fsp3) is 0.269. The van der Waals surface area contributed by atoms with E-state index in [-0.39, 0.29) is 11.9 Å². The second-order valence-corrected chi connectivity index (χ2v) is 9.23. The first-order chi connectivity index (χ1) is 17.4. The van der Waals surface area contributed by atoms with Crippen molar-refractivity contribution < 1.29 is 23.8 Å². The lowest BCUT2D eigenvalue weighted by atomic mass is 9.93. The normalized spacial score (nSPS) is 14.4. The van der Waals surface area contributed by atoms with Gasteiger partial charge >= 0.3 is 5.97 Å². The predicted molar refractivity (Wildman–Crippen MR) is 138 cm³/mol. The molecule has 0 aliphatic carbocycles. The Bertz CT molecular complexity index is 1270. The van der Waals surface area contributed by atoms with Crippen molar-refractivity contribution in [2.24, 2.45) is 0 Å². The lowest BCUT2D eigenvalue weighted by Gasteiger charge is -2.25. The van der Waals surface area contributed by atoms with Crippen molar-refractivity contribution in [1.82, 2.24) is 10.3 Å². The number of nitrogens with zero attached hydrogens (tertiary/aromatic N) is 1. The Morgan fingerprint density at radius 1 is 1.11 bits per heavy atom. The first-order valence-corrected chi connectivity index (χ1v) is 12.5. The van der Waals surface area contributed by atoms with Crippen LogP contribution in [0.5, 0.6) is 17.2 Å². The molecule has 2 heterocycles. The van der Waals surface area contributed by atoms with Gasteiger partial charge in [0.15, 0.2) is 0 Å². The van der Waals surface area contributed by atoms with E-state index in [1.807, 2.05) is 0 Å². The molecule has 2 aromatic carbocycles. The molecule has 1 N–H and O–H groups in total. The van der Waals surface area contributed by atoms with Gasteiger partial charge in [0.1, 0.15) is 17.2 Å². The number of esters is 1. The predicted octanol–water partition coefficient (Wildman–Crippen LogP) is 6.24. The fourth-order valence-electron chi connectivity index (χ4n) is 3.78. The summed E-state index contributed by atoms with van der Waals surface area (Å²) >= 11 is 18.4. The monoisotopic (exact) mass is 548 g/mol. The molecule has 10 heteroatoms. The number of ether oxygens (including phenoxy) is 3. The van der Waals surface area contributed by atoms with Crippen LogP contribution in [0.4, 0.5) is 0 Å². The maximum atomic E-state index is 12.5. The Morgan fingerprint density at radius 2 is 1.89 bits per heavy atom. The Balaban J connectivity index is 1.38. The van der Waals surface area contributed by atoms with Gasteiger partial charge in [0.05, 0.1) is 39.9 Å². The molecule has 1 atom stereocenters. The number of halogens is 3. The average molecular weight is 550 g/mol. The van der Waals surface area contributed by atoms with Crippen LogP contribution in [-0.4, -0.2) is 36.6 Å². The summed E-state index contributed by atoms with van der Waals surface area (Å²) in [4.78, 5) is 29.0. The lowest BCUT2D eigenvalue weighted by Crippen LogP contribution is -2.25. The molecule has 0 saturated carbocycles. The van der Waals surface area contributed by atoms with Gasteiger partial charge in [-0.1, -0.05) is 34.8 Å². The van der Waals surface area contributed by atoms with Crippen LogP contribution >= 0.6 is 34.8 Å². The quantitative estimate of drug-likeness (QED) is 0.335. The van der Waals surface area contributed by atoms with Crippen LogP contribution in [0.1, 0.15) is 40.9 Å². The van der Waals surface area contributed by atoms with Crippen molar-refractivity contribution in [3.05, 3.63) is 80.6 Å². The van der Waals surface area contributed by atoms with Crippen molar-refractivity contribution in [3.63, 3.8) is 0 Å². The molecule has 0 bridgehead atoms. The molecular weight excluding hydrogens is 527 g/mol. The van der Waals surface area contributed by atoms with E-state index in [4.69, 9.17) is 49.0 Å². The van der Waals surface area contributed by atoms with Crippen LogP contribution in [0.15, 0.2) is 48.7 Å². The molecule has 0 spiro atoms. The van der Waals surface area contributed by atoms with Gasteiger partial charge in [-0.05, 0) is 49.7 Å². The van der Waals surface area contributed by atoms with Gasteiger partial charge < -0.3 is 19.5 Å². The number of amides is 1. The molecule has 1 unspecified atom stereocenters. The van der Waals surface area contributed by atoms with Crippen LogP contribution < -0.4 is 14.8 Å². The Labute approximate surface area is 223 Å². The van der Waals surface area contributed by atoms with Crippen molar-refractivity contribution in [2.75, 3.05) is 19.8 Å². The summed E-state index contributed by atoms with van der Waals surface area (Å²) in [6.45, 7) is 2.83. The van der Waals surface area contributed by atoms with Crippen molar-refractivity contribution >= 4 is 46.7 Å². The van der Waals surface area contributed by atoms with Crippen molar-refractivity contribution in [3.8, 4) is 17.2 Å². The van der Waals surface area contributed by atoms with E-state index in [1.165, 1.54) is 6.20 Å². The number of pyridine rings is 1. The van der Waals surface area contributed by atoms with Gasteiger partial charge in [-0.3, -0.25) is 14.6 Å². The summed E-state index contributed by atoms with van der Waals surface area (Å²) in [5, 5.41) is 4.09. The number of benzene rings is 2. The van der Waals surface area contributed by atoms with E-state index >= 15 is 0 Å². The number of hydrogen-bond acceptors (Lipinski definition) is 6. The minimum absolute atomic E-state index is 0.239. The first kappa shape index (κ1) is 26.1. The molecule has 1 aliphatic rings. The second kappa shape index (κ2) is 11.8. The highest BCUT2D eigenvalue weighted by Crippen LogP contribution is 2.42. The Kier molecular flexibility index (Phi) is 8.56. The van der Waals surface area contributed by atoms with E-state index in [9.17, 15) is 9.59 Å². The van der Waals surface area contributed by atoms with Crippen LogP contribution in [-0.2, 0) is 16.0 Å². The second-order valence-electron chi connectivity index (χ2n) is 7.98. The summed E-state index contributed by atoms with van der Waals surface area (Å²) in [5.41, 5.74) is 1.80. The van der Waals surface area contributed by atoms with E-state index in [1.54, 1.807) is 49.4 Å². The summed E-state index contributed by atoms with van der Waals surface area (Å²) in [6, 6.07) is 11.6. The van der Waals surface area contributed by atoms with Crippen LogP contribution in [0.25, 0.3) is 0 Å². The Hall–Kier alpha value is -3.00. The van der Waals surface area contributed by atoms with E-state index in [2.05, 4.69) is 10.3 Å². The highest BCUT2D eigenvalue weighted by Gasteiger charge is 2.30. The van der Waals surface area contributed by atoms with Crippen LogP contribution in [0.3, 0.4) is 0 Å². The van der Waals surface area contributed by atoms with Gasteiger partial charge in [0, 0.05) is 36.4 Å². The summed E-state index contributed by atoms with van der Waals surface area (Å²) in [7, 11) is 0. The largest absolute Gasteiger partial charge is 0.493 e. The average Bonchev–Trinajstić information content (AvgIpc) is 2.86. The highest BCUT2D eigenvalue weighted by molar-refractivity contribution is 6.34. The van der Waals surface area contributed by atoms with Gasteiger partial charge in [0.2, 0.25) is 0 Å². The maximum absolute atomic E-state index is 12.5. The van der Waals surface area contributed by atoms with E-state index < -0.39 is 5.92 Å². The number of hydrogen-bond donors (Lipinski definition) is 1. The molecule has 1 amide bonds. The molecule has 0 radical (unpaired) electrons. The van der Waals surface area contributed by atoms with E-state index in [0.717, 1.165) is 0 Å². The van der Waals surface area contributed by atoms with Gasteiger partial charge in [-0.15, -0.1) is 0 Å². The van der Waals surface area contributed by atoms with Gasteiger partial charge in [-0.25, -0.2) is 0 Å². The number of carbonyl (C=O) groups is 2. The zero-order valence-corrected chi connectivity index (χ0v) is 21.6. The minimum Gasteiger partial charge on any atom is -0.493 e. The van der Waals surface area contributed by atoms with Crippen LogP contribution in [0.2, 0.25) is 15.1 Å². The molecule has 0 fully saturated rings. The number of carbonyl (C=O) groups excluding carboxylic acids is 2. The summed E-state index contributed by atoms with van der Waals surface area (Å²) in [6.07, 6.45) is 2.51. The third kappa shape index (κ3) is 6.22. The molecule has 7 nitrogen and oxygen atoms in total. The standard InChI is InChI=1S/C26H23Cl3N2O5/c1-2-34-26(33)18-8-10-35-23-13-24(21(29)12-19(18)23)36-17-5-3-15(4-6-17)25(32)30-9-7-22-20(28)11-16(27)14-31-22/h3-6,11-14,18H,2,7-10H2,1H3,(H,30,32). The SMILES string of the molecule is CCOC(=O)C1CCOc2cc(Oc3ccc(C(=O)NCCc4ncc(Cl)cc4Cl)cc3)c(Cl)cc21. The Morgan fingerprint density at radius 3 is 2.61 bits per heavy atom. The van der Waals surface area contributed by atoms with Crippen molar-refractivity contribution in [2.45, 2.75) is 25.7 Å². The van der Waals surface area contributed by atoms with Crippen LogP contribution in [0, 0.1) is 0 Å². The molecule has 1 aliphatic heterocycles. The minimum atomic E-state index is -0.426. The fourth-order valence-corrected chi connectivity index (χ4v) is 4.47. The highest BCUT2D eigenvalue weighted by atomic mass is 35.5. The summed E-state index contributed by atoms with van der Waals surface area (Å²) in [5.74, 6) is 0.437. The third-order valence-corrected chi connectivity index (χ3v) is 6.38. The smallest absolute Gasteiger partial charge is 0.313 e.